The van der Waals surface area contributed by atoms with E-state index < -0.39 is 4.92 Å². The van der Waals surface area contributed by atoms with Crippen LogP contribution in [0.4, 0.5) is 5.69 Å². The average Bonchev–Trinajstić information content (AvgIpc) is 3.08. The van der Waals surface area contributed by atoms with Crippen molar-refractivity contribution >= 4 is 38.4 Å². The third-order valence-electron chi connectivity index (χ3n) is 3.64. The fraction of sp³-hybridized carbons (Fsp3) is 0.0714. The van der Waals surface area contributed by atoms with Crippen LogP contribution in [0.2, 0.25) is 0 Å². The number of aromatic nitrogens is 3. The fourth-order valence-electron chi connectivity index (χ4n) is 2.69. The van der Waals surface area contributed by atoms with Gasteiger partial charge in [-0.1, -0.05) is 0 Å². The van der Waals surface area contributed by atoms with Gasteiger partial charge in [-0.15, -0.1) is 0 Å². The summed E-state index contributed by atoms with van der Waals surface area (Å²) in [5, 5.41) is 19.5. The molecular weight excluding hydrogens is 272 g/mol. The smallest absolute Gasteiger partial charge is 0.296 e. The molecule has 0 amide bonds. The molecule has 2 aromatic heterocycles. The number of non-ortho nitro benzene ring substituents is 1. The molecule has 0 aliphatic heterocycles. The van der Waals surface area contributed by atoms with Crippen molar-refractivity contribution in [1.82, 2.24) is 15.2 Å². The lowest BCUT2D eigenvalue weighted by atomic mass is 10.1. The summed E-state index contributed by atoms with van der Waals surface area (Å²) in [7, 11) is 1.58. The van der Waals surface area contributed by atoms with Crippen molar-refractivity contribution in [3.63, 3.8) is 0 Å². The molecule has 2 aromatic carbocycles. The number of rotatable bonds is 2. The molecule has 0 radical (unpaired) electrons. The van der Waals surface area contributed by atoms with Gasteiger partial charge in [0.15, 0.2) is 5.52 Å². The van der Waals surface area contributed by atoms with Crippen molar-refractivity contribution in [2.75, 3.05) is 7.11 Å². The quantitative estimate of drug-likeness (QED) is 0.436. The zero-order chi connectivity index (χ0) is 14.6. The Labute approximate surface area is 117 Å². The van der Waals surface area contributed by atoms with Gasteiger partial charge in [0.1, 0.15) is 5.75 Å². The van der Waals surface area contributed by atoms with Gasteiger partial charge in [-0.25, -0.2) is 4.98 Å². The third kappa shape index (κ3) is 1.51. The Kier molecular flexibility index (Phi) is 2.20. The summed E-state index contributed by atoms with van der Waals surface area (Å²) >= 11 is 0. The number of nitro benzene ring substituents is 1. The first-order valence-corrected chi connectivity index (χ1v) is 6.29. The number of ether oxygens (including phenoxy) is 1. The number of H-pyrrole nitrogens is 2. The summed E-state index contributed by atoms with van der Waals surface area (Å²) in [4.78, 5) is 15.3. The molecule has 0 aliphatic rings. The molecule has 21 heavy (non-hydrogen) atoms. The van der Waals surface area contributed by atoms with E-state index in [0.717, 1.165) is 21.7 Å². The highest BCUT2D eigenvalue weighted by atomic mass is 16.6. The van der Waals surface area contributed by atoms with Crippen molar-refractivity contribution < 1.29 is 9.66 Å². The molecule has 0 saturated carbocycles. The number of hydrogen-bond donors (Lipinski definition) is 2. The van der Waals surface area contributed by atoms with E-state index in [2.05, 4.69) is 15.2 Å². The van der Waals surface area contributed by atoms with Gasteiger partial charge in [-0.2, -0.15) is 0 Å². The van der Waals surface area contributed by atoms with Crippen molar-refractivity contribution in [3.05, 3.63) is 40.6 Å². The van der Waals surface area contributed by atoms with Crippen LogP contribution in [0.5, 0.6) is 5.75 Å². The molecule has 0 bridgehead atoms. The number of aromatic amines is 2. The maximum absolute atomic E-state index is 11.3. The molecule has 0 unspecified atom stereocenters. The third-order valence-corrected chi connectivity index (χ3v) is 3.64. The van der Waals surface area contributed by atoms with Crippen molar-refractivity contribution in [1.29, 1.82) is 0 Å². The monoisotopic (exact) mass is 282 g/mol. The van der Waals surface area contributed by atoms with Crippen LogP contribution < -0.4 is 4.74 Å². The zero-order valence-electron chi connectivity index (χ0n) is 11.0. The Bertz CT molecular complexity index is 1020. The van der Waals surface area contributed by atoms with E-state index in [9.17, 15) is 10.1 Å². The lowest BCUT2D eigenvalue weighted by Gasteiger charge is -1.99. The SMILES string of the molecule is COc1ccc2nc3c([N+](=O)[O-])cc4c[nH][nH]c4c3c2c1. The summed E-state index contributed by atoms with van der Waals surface area (Å²) < 4.78 is 5.23. The summed E-state index contributed by atoms with van der Waals surface area (Å²) in [6.45, 7) is 0. The number of nitro groups is 1. The molecule has 7 heteroatoms. The zero-order valence-corrected chi connectivity index (χ0v) is 11.0. The summed E-state index contributed by atoms with van der Waals surface area (Å²) in [5.41, 5.74) is 1.88. The fourth-order valence-corrected chi connectivity index (χ4v) is 2.69. The van der Waals surface area contributed by atoms with Crippen LogP contribution in [-0.2, 0) is 0 Å². The van der Waals surface area contributed by atoms with E-state index in [1.54, 1.807) is 25.4 Å². The first-order valence-electron chi connectivity index (χ1n) is 6.29. The Hall–Kier alpha value is -3.09. The minimum absolute atomic E-state index is 0.000617. The molecule has 2 heterocycles. The lowest BCUT2D eigenvalue weighted by molar-refractivity contribution is -0.383. The topological polar surface area (TPSA) is 96.8 Å². The highest BCUT2D eigenvalue weighted by molar-refractivity contribution is 6.21. The molecule has 0 spiro atoms. The molecule has 0 atom stereocenters. The van der Waals surface area contributed by atoms with E-state index in [-0.39, 0.29) is 5.69 Å². The second-order valence-electron chi connectivity index (χ2n) is 4.75. The first-order chi connectivity index (χ1) is 10.2. The largest absolute Gasteiger partial charge is 0.497 e. The van der Waals surface area contributed by atoms with Crippen LogP contribution >= 0.6 is 0 Å². The van der Waals surface area contributed by atoms with Crippen molar-refractivity contribution in [2.24, 2.45) is 0 Å². The summed E-state index contributed by atoms with van der Waals surface area (Å²) in [6, 6.07) is 6.96. The van der Waals surface area contributed by atoms with Crippen LogP contribution in [0.1, 0.15) is 0 Å². The van der Waals surface area contributed by atoms with Gasteiger partial charge in [0.25, 0.3) is 5.69 Å². The van der Waals surface area contributed by atoms with E-state index in [1.165, 1.54) is 6.07 Å². The Morgan fingerprint density at radius 3 is 2.95 bits per heavy atom. The highest BCUT2D eigenvalue weighted by Crippen LogP contribution is 2.38. The second-order valence-corrected chi connectivity index (χ2v) is 4.75. The summed E-state index contributed by atoms with van der Waals surface area (Å²) in [5.74, 6) is 0.687. The van der Waals surface area contributed by atoms with Gasteiger partial charge < -0.3 is 14.9 Å². The molecule has 0 fully saturated rings. The normalized spacial score (nSPS) is 11.5. The number of methoxy groups -OCH3 is 1. The maximum atomic E-state index is 11.3. The van der Waals surface area contributed by atoms with Crippen LogP contribution in [-0.4, -0.2) is 27.2 Å². The number of hydrogen-bond acceptors (Lipinski definition) is 4. The minimum Gasteiger partial charge on any atom is -0.497 e. The van der Waals surface area contributed by atoms with Crippen molar-refractivity contribution in [3.8, 4) is 5.75 Å². The van der Waals surface area contributed by atoms with E-state index in [1.807, 2.05) is 6.07 Å². The average molecular weight is 282 g/mol. The molecular formula is C14H10N4O3. The van der Waals surface area contributed by atoms with E-state index in [4.69, 9.17) is 4.74 Å². The van der Waals surface area contributed by atoms with Crippen LogP contribution in [0.25, 0.3) is 32.7 Å². The molecule has 7 nitrogen and oxygen atoms in total. The van der Waals surface area contributed by atoms with Crippen LogP contribution in [0.3, 0.4) is 0 Å². The van der Waals surface area contributed by atoms with Crippen LogP contribution in [0.15, 0.2) is 30.5 Å². The minimum atomic E-state index is -0.405. The number of nitrogens with zero attached hydrogens (tertiary/aromatic N) is 2. The molecule has 104 valence electrons. The number of fused-ring (bicyclic) bond motifs is 5. The van der Waals surface area contributed by atoms with Gasteiger partial charge in [0.05, 0.1) is 23.1 Å². The molecule has 0 aliphatic carbocycles. The predicted octanol–water partition coefficient (Wildman–Crippen LogP) is 3.11. The van der Waals surface area contributed by atoms with Gasteiger partial charge in [-0.3, -0.25) is 10.1 Å². The van der Waals surface area contributed by atoms with Gasteiger partial charge in [0.2, 0.25) is 0 Å². The first kappa shape index (κ1) is 11.7. The predicted molar refractivity (Wildman–Crippen MR) is 78.7 cm³/mol. The Morgan fingerprint density at radius 2 is 2.19 bits per heavy atom. The summed E-state index contributed by atoms with van der Waals surface area (Å²) in [6.07, 6.45) is 1.70. The number of nitrogens with one attached hydrogen (secondary N) is 2. The molecule has 4 aromatic rings. The lowest BCUT2D eigenvalue weighted by Crippen LogP contribution is -1.89. The van der Waals surface area contributed by atoms with Crippen LogP contribution in [0, 0.1) is 10.1 Å². The Morgan fingerprint density at radius 1 is 1.33 bits per heavy atom. The van der Waals surface area contributed by atoms with Gasteiger partial charge in [-0.05, 0) is 18.2 Å². The number of benzene rings is 2. The van der Waals surface area contributed by atoms with Crippen molar-refractivity contribution in [2.45, 2.75) is 0 Å². The molecule has 0 saturated heterocycles. The standard InChI is InChI=1S/C14H10N4O3/c1-21-8-2-3-10-9(5-8)12-13-7(6-15-17-13)4-11(18(19)20)14(12)16-10/h2-6,15,17H,1H3. The highest BCUT2D eigenvalue weighted by Gasteiger charge is 2.21. The Balaban J connectivity index is 2.29. The second kappa shape index (κ2) is 3.95. The maximum Gasteiger partial charge on any atom is 0.296 e. The van der Waals surface area contributed by atoms with E-state index >= 15 is 0 Å². The van der Waals surface area contributed by atoms with Gasteiger partial charge in [0, 0.05) is 28.4 Å². The van der Waals surface area contributed by atoms with Gasteiger partial charge >= 0.3 is 0 Å². The molecule has 2 N–H and O–H groups in total. The molecule has 4 rings (SSSR count). The van der Waals surface area contributed by atoms with E-state index in [0.29, 0.717) is 16.8 Å².